The topological polar surface area (TPSA) is 63.3 Å². The van der Waals surface area contributed by atoms with Crippen LogP contribution in [0.15, 0.2) is 53.1 Å². The highest BCUT2D eigenvalue weighted by atomic mass is 16.5. The van der Waals surface area contributed by atoms with Crippen molar-refractivity contribution in [2.24, 2.45) is 0 Å². The maximum absolute atomic E-state index is 10.6. The van der Waals surface area contributed by atoms with Gasteiger partial charge in [-0.1, -0.05) is 41.1 Å². The van der Waals surface area contributed by atoms with Crippen molar-refractivity contribution in [2.45, 2.75) is 6.92 Å². The van der Waals surface area contributed by atoms with Crippen LogP contribution in [0.4, 0.5) is 0 Å². The minimum absolute atomic E-state index is 0.690. The number of aromatic nitrogens is 1. The third-order valence-electron chi connectivity index (χ3n) is 3.23. The van der Waals surface area contributed by atoms with Crippen molar-refractivity contribution >= 4 is 22.9 Å². The summed E-state index contributed by atoms with van der Waals surface area (Å²) in [4.78, 5) is 10.6. The molecule has 104 valence electrons. The third-order valence-corrected chi connectivity index (χ3v) is 3.23. The monoisotopic (exact) mass is 279 g/mol. The molecule has 0 fully saturated rings. The summed E-state index contributed by atoms with van der Waals surface area (Å²) in [5.41, 5.74) is 3.66. The second kappa shape index (κ2) is 5.25. The summed E-state index contributed by atoms with van der Waals surface area (Å²) < 4.78 is 5.43. The number of aryl methyl sites for hydroxylation is 1. The van der Waals surface area contributed by atoms with Gasteiger partial charge < -0.3 is 9.63 Å². The van der Waals surface area contributed by atoms with Crippen LogP contribution in [0.25, 0.3) is 28.3 Å². The molecule has 4 nitrogen and oxygen atoms in total. The van der Waals surface area contributed by atoms with Crippen molar-refractivity contribution in [1.29, 1.82) is 0 Å². The molecule has 4 heteroatoms. The second-order valence-electron chi connectivity index (χ2n) is 4.83. The number of benzene rings is 2. The third kappa shape index (κ3) is 2.69. The zero-order valence-corrected chi connectivity index (χ0v) is 11.4. The van der Waals surface area contributed by atoms with Crippen LogP contribution in [0.5, 0.6) is 0 Å². The van der Waals surface area contributed by atoms with E-state index in [0.29, 0.717) is 5.76 Å². The number of carboxylic acid groups (broad SMARTS) is 1. The predicted octanol–water partition coefficient (Wildman–Crippen LogP) is 3.90. The van der Waals surface area contributed by atoms with Crippen molar-refractivity contribution < 1.29 is 14.4 Å². The number of carboxylic acids is 1. The molecule has 2 aromatic carbocycles. The summed E-state index contributed by atoms with van der Waals surface area (Å²) in [5.74, 6) is -0.283. The molecule has 0 spiro atoms. The van der Waals surface area contributed by atoms with Gasteiger partial charge in [-0.25, -0.2) is 4.79 Å². The molecule has 0 saturated heterocycles. The van der Waals surface area contributed by atoms with Gasteiger partial charge in [0, 0.05) is 11.6 Å². The lowest BCUT2D eigenvalue weighted by Crippen LogP contribution is -1.85. The molecular formula is C17H13NO3. The van der Waals surface area contributed by atoms with Gasteiger partial charge in [-0.05, 0) is 30.7 Å². The summed E-state index contributed by atoms with van der Waals surface area (Å²) >= 11 is 0. The largest absolute Gasteiger partial charge is 0.478 e. The van der Waals surface area contributed by atoms with Crippen molar-refractivity contribution in [3.63, 3.8) is 0 Å². The summed E-state index contributed by atoms with van der Waals surface area (Å²) in [6, 6.07) is 13.5. The average Bonchev–Trinajstić information content (AvgIpc) is 2.89. The maximum Gasteiger partial charge on any atom is 0.328 e. The Hall–Kier alpha value is -2.88. The second-order valence-corrected chi connectivity index (χ2v) is 4.83. The van der Waals surface area contributed by atoms with E-state index in [1.807, 2.05) is 49.4 Å². The lowest BCUT2D eigenvalue weighted by atomic mass is 10.0. The summed E-state index contributed by atoms with van der Waals surface area (Å²) in [5, 5.41) is 13.6. The normalized spacial score (nSPS) is 11.3. The molecular weight excluding hydrogens is 266 g/mol. The van der Waals surface area contributed by atoms with E-state index in [1.165, 1.54) is 5.56 Å². The molecule has 0 aliphatic carbocycles. The van der Waals surface area contributed by atoms with Gasteiger partial charge in [0.25, 0.3) is 0 Å². The molecule has 0 amide bonds. The highest BCUT2D eigenvalue weighted by Crippen LogP contribution is 2.29. The van der Waals surface area contributed by atoms with Crippen LogP contribution in [0.2, 0.25) is 0 Å². The number of carbonyl (C=O) groups is 1. The van der Waals surface area contributed by atoms with Crippen LogP contribution < -0.4 is 0 Å². The van der Waals surface area contributed by atoms with Gasteiger partial charge in [-0.15, -0.1) is 0 Å². The number of aliphatic carboxylic acids is 1. The lowest BCUT2D eigenvalue weighted by Gasteiger charge is -1.98. The summed E-state index contributed by atoms with van der Waals surface area (Å²) in [7, 11) is 0. The Labute approximate surface area is 121 Å². The van der Waals surface area contributed by atoms with Gasteiger partial charge >= 0.3 is 5.97 Å². The van der Waals surface area contributed by atoms with Crippen molar-refractivity contribution in [3.05, 3.63) is 59.7 Å². The van der Waals surface area contributed by atoms with Gasteiger partial charge in [-0.2, -0.15) is 0 Å². The molecule has 3 rings (SSSR count). The molecule has 0 atom stereocenters. The van der Waals surface area contributed by atoms with Crippen LogP contribution in [0.3, 0.4) is 0 Å². The number of nitrogens with zero attached hydrogens (tertiary/aromatic N) is 1. The molecule has 0 unspecified atom stereocenters. The highest BCUT2D eigenvalue weighted by Gasteiger charge is 2.10. The molecule has 3 aromatic rings. The minimum atomic E-state index is -0.973. The standard InChI is InChI=1S/C17H13NO3/c1-11-2-6-13(7-3-11)17-14-10-12(5-9-16(19)20)4-8-15(14)18-21-17/h2-10H,1H3,(H,19,20)/b9-5+. The molecule has 21 heavy (non-hydrogen) atoms. The minimum Gasteiger partial charge on any atom is -0.478 e. The first-order valence-electron chi connectivity index (χ1n) is 6.51. The Bertz CT molecular complexity index is 829. The van der Waals surface area contributed by atoms with Gasteiger partial charge in [0.1, 0.15) is 5.52 Å². The Morgan fingerprint density at radius 3 is 2.67 bits per heavy atom. The van der Waals surface area contributed by atoms with Crippen molar-refractivity contribution in [1.82, 2.24) is 5.16 Å². The summed E-state index contributed by atoms with van der Waals surface area (Å²) in [6.07, 6.45) is 2.66. The number of fused-ring (bicyclic) bond motifs is 1. The maximum atomic E-state index is 10.6. The van der Waals surface area contributed by atoms with Crippen LogP contribution in [-0.4, -0.2) is 16.2 Å². The molecule has 1 aromatic heterocycles. The zero-order chi connectivity index (χ0) is 14.8. The fourth-order valence-electron chi connectivity index (χ4n) is 2.14. The zero-order valence-electron chi connectivity index (χ0n) is 11.4. The number of hydrogen-bond acceptors (Lipinski definition) is 3. The van der Waals surface area contributed by atoms with Gasteiger partial charge in [0.2, 0.25) is 0 Å². The van der Waals surface area contributed by atoms with E-state index in [1.54, 1.807) is 6.08 Å². The first-order valence-corrected chi connectivity index (χ1v) is 6.51. The van der Waals surface area contributed by atoms with Gasteiger partial charge in [-0.3, -0.25) is 0 Å². The fourth-order valence-corrected chi connectivity index (χ4v) is 2.14. The van der Waals surface area contributed by atoms with Crippen LogP contribution >= 0.6 is 0 Å². The SMILES string of the molecule is Cc1ccc(-c2onc3ccc(/C=C/C(=O)O)cc23)cc1. The van der Waals surface area contributed by atoms with Crippen molar-refractivity contribution in [3.8, 4) is 11.3 Å². The first-order chi connectivity index (χ1) is 10.1. The Kier molecular flexibility index (Phi) is 3.28. The fraction of sp³-hybridized carbons (Fsp3) is 0.0588. The quantitative estimate of drug-likeness (QED) is 0.738. The Morgan fingerprint density at radius 2 is 1.95 bits per heavy atom. The Morgan fingerprint density at radius 1 is 1.19 bits per heavy atom. The summed E-state index contributed by atoms with van der Waals surface area (Å²) in [6.45, 7) is 2.02. The van der Waals surface area contributed by atoms with E-state index in [-0.39, 0.29) is 0 Å². The van der Waals surface area contributed by atoms with Gasteiger partial charge in [0.05, 0.1) is 5.39 Å². The molecule has 0 radical (unpaired) electrons. The van der Waals surface area contributed by atoms with Crippen LogP contribution in [0.1, 0.15) is 11.1 Å². The number of rotatable bonds is 3. The van der Waals surface area contributed by atoms with Crippen molar-refractivity contribution in [2.75, 3.05) is 0 Å². The molecule has 0 aliphatic rings. The molecule has 1 N–H and O–H groups in total. The average molecular weight is 279 g/mol. The molecule has 1 heterocycles. The van der Waals surface area contributed by atoms with Crippen LogP contribution in [0, 0.1) is 6.92 Å². The highest BCUT2D eigenvalue weighted by molar-refractivity contribution is 5.94. The van der Waals surface area contributed by atoms with E-state index in [2.05, 4.69) is 5.16 Å². The smallest absolute Gasteiger partial charge is 0.328 e. The van der Waals surface area contributed by atoms with Crippen LogP contribution in [-0.2, 0) is 4.79 Å². The lowest BCUT2D eigenvalue weighted by molar-refractivity contribution is -0.131. The van der Waals surface area contributed by atoms with E-state index in [9.17, 15) is 4.79 Å². The van der Waals surface area contributed by atoms with E-state index in [4.69, 9.17) is 9.63 Å². The molecule has 0 aliphatic heterocycles. The predicted molar refractivity (Wildman–Crippen MR) is 80.9 cm³/mol. The molecule has 0 bridgehead atoms. The van der Waals surface area contributed by atoms with E-state index in [0.717, 1.165) is 28.1 Å². The number of hydrogen-bond donors (Lipinski definition) is 1. The molecule has 0 saturated carbocycles. The van der Waals surface area contributed by atoms with Gasteiger partial charge in [0.15, 0.2) is 5.76 Å². The van der Waals surface area contributed by atoms with E-state index < -0.39 is 5.97 Å². The first kappa shape index (κ1) is 13.1. The van der Waals surface area contributed by atoms with E-state index >= 15 is 0 Å². The Balaban J connectivity index is 2.09.